The van der Waals surface area contributed by atoms with Crippen molar-refractivity contribution in [2.45, 2.75) is 46.6 Å². The normalized spacial score (nSPS) is 25.3. The lowest BCUT2D eigenvalue weighted by molar-refractivity contribution is -0.141. The number of likely N-dealkylation sites (tertiary alicyclic amines) is 1. The molecule has 1 aliphatic heterocycles. The number of hydrogen-bond acceptors (Lipinski definition) is 4. The summed E-state index contributed by atoms with van der Waals surface area (Å²) in [6.07, 6.45) is 1.72. The number of esters is 1. The van der Waals surface area contributed by atoms with E-state index in [-0.39, 0.29) is 5.97 Å². The first kappa shape index (κ1) is 16.4. The molecule has 4 nitrogen and oxygen atoms in total. The van der Waals surface area contributed by atoms with E-state index < -0.39 is 0 Å². The van der Waals surface area contributed by atoms with Crippen molar-refractivity contribution in [1.29, 1.82) is 0 Å². The van der Waals surface area contributed by atoms with E-state index in [0.717, 1.165) is 26.2 Å². The number of nitrogens with one attached hydrogen (secondary N) is 1. The van der Waals surface area contributed by atoms with Crippen LogP contribution in [0.25, 0.3) is 0 Å². The second-order valence-electron chi connectivity index (χ2n) is 7.07. The molecule has 0 aromatic carbocycles. The zero-order valence-electron chi connectivity index (χ0n) is 13.2. The highest BCUT2D eigenvalue weighted by Gasteiger charge is 2.25. The van der Waals surface area contributed by atoms with Crippen LogP contribution in [0.4, 0.5) is 0 Å². The molecule has 0 saturated carbocycles. The summed E-state index contributed by atoms with van der Waals surface area (Å²) in [5.41, 5.74) is 0.317. The van der Waals surface area contributed by atoms with Crippen LogP contribution in [-0.4, -0.2) is 50.2 Å². The first-order chi connectivity index (χ1) is 8.80. The number of piperidine rings is 1. The molecule has 1 N–H and O–H groups in total. The molecule has 2 atom stereocenters. The molecule has 1 fully saturated rings. The van der Waals surface area contributed by atoms with Gasteiger partial charge in [-0.15, -0.1) is 0 Å². The summed E-state index contributed by atoms with van der Waals surface area (Å²) in [4.78, 5) is 13.6. The number of rotatable bonds is 5. The molecule has 0 radical (unpaired) electrons. The van der Waals surface area contributed by atoms with Crippen molar-refractivity contribution in [3.05, 3.63) is 0 Å². The minimum Gasteiger partial charge on any atom is -0.469 e. The molecule has 0 bridgehead atoms. The molecule has 0 amide bonds. The first-order valence-electron chi connectivity index (χ1n) is 7.32. The van der Waals surface area contributed by atoms with Gasteiger partial charge in [-0.05, 0) is 17.8 Å². The van der Waals surface area contributed by atoms with E-state index in [9.17, 15) is 4.79 Å². The van der Waals surface area contributed by atoms with Gasteiger partial charge in [0, 0.05) is 32.2 Å². The number of hydrogen-bond donors (Lipinski definition) is 1. The van der Waals surface area contributed by atoms with Crippen molar-refractivity contribution >= 4 is 5.97 Å². The lowest BCUT2D eigenvalue weighted by atomic mass is 9.92. The Morgan fingerprint density at radius 1 is 1.37 bits per heavy atom. The Morgan fingerprint density at radius 3 is 2.63 bits per heavy atom. The van der Waals surface area contributed by atoms with Gasteiger partial charge < -0.3 is 15.0 Å². The van der Waals surface area contributed by atoms with E-state index in [1.807, 2.05) is 0 Å². The van der Waals surface area contributed by atoms with Crippen LogP contribution in [0, 0.1) is 11.3 Å². The van der Waals surface area contributed by atoms with Crippen molar-refractivity contribution in [2.75, 3.05) is 33.3 Å². The van der Waals surface area contributed by atoms with Crippen LogP contribution in [0.5, 0.6) is 0 Å². The third kappa shape index (κ3) is 6.92. The molecule has 19 heavy (non-hydrogen) atoms. The van der Waals surface area contributed by atoms with E-state index >= 15 is 0 Å². The fourth-order valence-corrected chi connectivity index (χ4v) is 2.59. The smallest absolute Gasteiger partial charge is 0.306 e. The summed E-state index contributed by atoms with van der Waals surface area (Å²) in [6.45, 7) is 13.0. The van der Waals surface area contributed by atoms with Crippen molar-refractivity contribution in [3.8, 4) is 0 Å². The minimum atomic E-state index is -0.113. The summed E-state index contributed by atoms with van der Waals surface area (Å²) in [5, 5.41) is 3.67. The second kappa shape index (κ2) is 7.25. The number of methoxy groups -OCH3 is 1. The Bertz CT molecular complexity index is 286. The largest absolute Gasteiger partial charge is 0.469 e. The zero-order valence-corrected chi connectivity index (χ0v) is 13.2. The maximum Gasteiger partial charge on any atom is 0.306 e. The van der Waals surface area contributed by atoms with Gasteiger partial charge in [0.05, 0.1) is 13.5 Å². The van der Waals surface area contributed by atoms with Crippen LogP contribution >= 0.6 is 0 Å². The van der Waals surface area contributed by atoms with Gasteiger partial charge in [-0.3, -0.25) is 4.79 Å². The predicted molar refractivity (Wildman–Crippen MR) is 78.1 cm³/mol. The van der Waals surface area contributed by atoms with E-state index in [1.54, 1.807) is 0 Å². The molecule has 1 aliphatic rings. The third-order valence-electron chi connectivity index (χ3n) is 3.52. The number of carbonyl (C=O) groups excluding carboxylic acids is 1. The molecule has 1 heterocycles. The van der Waals surface area contributed by atoms with Crippen LogP contribution < -0.4 is 5.32 Å². The van der Waals surface area contributed by atoms with E-state index in [1.165, 1.54) is 13.5 Å². The summed E-state index contributed by atoms with van der Waals surface area (Å²) < 4.78 is 4.71. The first-order valence-corrected chi connectivity index (χ1v) is 7.32. The fourth-order valence-electron chi connectivity index (χ4n) is 2.59. The molecule has 0 aromatic rings. The molecule has 4 heteroatoms. The quantitative estimate of drug-likeness (QED) is 0.775. The summed E-state index contributed by atoms with van der Waals surface area (Å²) >= 11 is 0. The van der Waals surface area contributed by atoms with Gasteiger partial charge in [-0.25, -0.2) is 0 Å². The fraction of sp³-hybridized carbons (Fsp3) is 0.933. The minimum absolute atomic E-state index is 0.113. The molecule has 2 unspecified atom stereocenters. The monoisotopic (exact) mass is 270 g/mol. The van der Waals surface area contributed by atoms with Crippen LogP contribution in [0.1, 0.15) is 40.5 Å². The Balaban J connectivity index is 2.37. The molecule has 0 spiro atoms. The predicted octanol–water partition coefficient (Wildman–Crippen LogP) is 1.90. The van der Waals surface area contributed by atoms with E-state index in [2.05, 4.69) is 37.9 Å². The second-order valence-corrected chi connectivity index (χ2v) is 7.07. The number of carbonyl (C=O) groups is 1. The molecular weight excluding hydrogens is 240 g/mol. The van der Waals surface area contributed by atoms with Crippen molar-refractivity contribution in [3.63, 3.8) is 0 Å². The summed E-state index contributed by atoms with van der Waals surface area (Å²) in [7, 11) is 1.45. The van der Waals surface area contributed by atoms with Crippen LogP contribution in [-0.2, 0) is 9.53 Å². The Labute approximate surface area is 117 Å². The van der Waals surface area contributed by atoms with Crippen molar-refractivity contribution < 1.29 is 9.53 Å². The Kier molecular flexibility index (Phi) is 6.27. The van der Waals surface area contributed by atoms with E-state index in [0.29, 0.717) is 23.8 Å². The van der Waals surface area contributed by atoms with Gasteiger partial charge in [0.1, 0.15) is 0 Å². The van der Waals surface area contributed by atoms with Gasteiger partial charge in [0.15, 0.2) is 0 Å². The number of nitrogens with zero attached hydrogens (tertiary/aromatic N) is 1. The third-order valence-corrected chi connectivity index (χ3v) is 3.52. The van der Waals surface area contributed by atoms with Gasteiger partial charge in [-0.1, -0.05) is 27.7 Å². The zero-order chi connectivity index (χ0) is 14.5. The molecule has 1 saturated heterocycles. The lowest BCUT2D eigenvalue weighted by Crippen LogP contribution is -2.50. The average Bonchev–Trinajstić information content (AvgIpc) is 2.32. The van der Waals surface area contributed by atoms with Gasteiger partial charge >= 0.3 is 5.97 Å². The number of ether oxygens (including phenoxy) is 1. The highest BCUT2D eigenvalue weighted by atomic mass is 16.5. The van der Waals surface area contributed by atoms with E-state index in [4.69, 9.17) is 4.74 Å². The van der Waals surface area contributed by atoms with Crippen molar-refractivity contribution in [2.24, 2.45) is 11.3 Å². The molecular formula is C15H30N2O2. The Hall–Kier alpha value is -0.610. The van der Waals surface area contributed by atoms with Crippen LogP contribution in [0.3, 0.4) is 0 Å². The SMILES string of the molecule is COC(=O)CCN1CC(C)CC(NCC(C)(C)C)C1. The summed E-state index contributed by atoms with van der Waals surface area (Å²) in [5.74, 6) is 0.571. The van der Waals surface area contributed by atoms with Gasteiger partial charge in [0.25, 0.3) is 0 Å². The van der Waals surface area contributed by atoms with Crippen LogP contribution in [0.15, 0.2) is 0 Å². The maximum atomic E-state index is 11.2. The van der Waals surface area contributed by atoms with Crippen LogP contribution in [0.2, 0.25) is 0 Å². The van der Waals surface area contributed by atoms with Crippen molar-refractivity contribution in [1.82, 2.24) is 10.2 Å². The Morgan fingerprint density at radius 2 is 2.05 bits per heavy atom. The molecule has 0 aliphatic carbocycles. The maximum absolute atomic E-state index is 11.2. The average molecular weight is 270 g/mol. The molecule has 1 rings (SSSR count). The standard InChI is InChI=1S/C15H30N2O2/c1-12-8-13(16-11-15(2,3)4)10-17(9-12)7-6-14(18)19-5/h12-13,16H,6-11H2,1-5H3. The molecule has 0 aromatic heterocycles. The highest BCUT2D eigenvalue weighted by Crippen LogP contribution is 2.18. The lowest BCUT2D eigenvalue weighted by Gasteiger charge is -2.38. The molecule has 112 valence electrons. The van der Waals surface area contributed by atoms with Gasteiger partial charge in [-0.2, -0.15) is 0 Å². The highest BCUT2D eigenvalue weighted by molar-refractivity contribution is 5.69. The van der Waals surface area contributed by atoms with Gasteiger partial charge in [0.2, 0.25) is 0 Å². The summed E-state index contributed by atoms with van der Waals surface area (Å²) in [6, 6.07) is 0.542. The topological polar surface area (TPSA) is 41.6 Å².